The van der Waals surface area contributed by atoms with Gasteiger partial charge in [0.05, 0.1) is 23.0 Å². The second-order valence-corrected chi connectivity index (χ2v) is 9.00. The van der Waals surface area contributed by atoms with Crippen LogP contribution in [0.15, 0.2) is 103 Å². The van der Waals surface area contributed by atoms with Crippen LogP contribution < -0.4 is 5.32 Å². The van der Waals surface area contributed by atoms with Gasteiger partial charge in [0, 0.05) is 17.8 Å². The zero-order valence-corrected chi connectivity index (χ0v) is 19.9. The Morgan fingerprint density at radius 2 is 1.51 bits per heavy atom. The Morgan fingerprint density at radius 3 is 2.17 bits per heavy atom. The average Bonchev–Trinajstić information content (AvgIpc) is 3.33. The Kier molecular flexibility index (Phi) is 6.40. The minimum Gasteiger partial charge on any atom is -0.345 e. The Balaban J connectivity index is 1.51. The summed E-state index contributed by atoms with van der Waals surface area (Å²) in [6.45, 7) is 4.15. The maximum absolute atomic E-state index is 13.7. The predicted octanol–water partition coefficient (Wildman–Crippen LogP) is 6.23. The summed E-state index contributed by atoms with van der Waals surface area (Å²) in [5.41, 5.74) is 6.21. The summed E-state index contributed by atoms with van der Waals surface area (Å²) in [4.78, 5) is 18.3. The van der Waals surface area contributed by atoms with Crippen molar-refractivity contribution >= 4 is 11.6 Å². The van der Waals surface area contributed by atoms with Crippen LogP contribution in [0.1, 0.15) is 53.0 Å². The summed E-state index contributed by atoms with van der Waals surface area (Å²) < 4.78 is 1.82. The lowest BCUT2D eigenvalue weighted by Crippen LogP contribution is -2.31. The minimum atomic E-state index is -0.167. The van der Waals surface area contributed by atoms with E-state index in [0.717, 1.165) is 28.2 Å². The molecule has 5 aromatic rings. The molecule has 2 aromatic heterocycles. The molecule has 0 saturated carbocycles. The van der Waals surface area contributed by atoms with Crippen molar-refractivity contribution in [2.75, 3.05) is 0 Å². The van der Waals surface area contributed by atoms with E-state index in [1.54, 1.807) is 6.20 Å². The summed E-state index contributed by atoms with van der Waals surface area (Å²) in [5, 5.41) is 8.10. The van der Waals surface area contributed by atoms with E-state index in [1.165, 1.54) is 5.56 Å². The largest absolute Gasteiger partial charge is 0.345 e. The van der Waals surface area contributed by atoms with E-state index < -0.39 is 0 Å². The molecule has 0 saturated heterocycles. The lowest BCUT2D eigenvalue weighted by molar-refractivity contribution is 0.0934. The van der Waals surface area contributed by atoms with Gasteiger partial charge in [0.15, 0.2) is 5.65 Å². The molecule has 2 heterocycles. The van der Waals surface area contributed by atoms with E-state index in [2.05, 4.69) is 48.4 Å². The number of carbonyl (C=O) groups excluding carboxylic acids is 1. The number of nitrogens with one attached hydrogen (secondary N) is 1. The smallest absolute Gasteiger partial charge is 0.255 e. The molecule has 174 valence electrons. The maximum atomic E-state index is 13.7. The zero-order chi connectivity index (χ0) is 24.2. The van der Waals surface area contributed by atoms with Gasteiger partial charge in [-0.1, -0.05) is 105 Å². The highest BCUT2D eigenvalue weighted by Gasteiger charge is 2.23. The number of hydrogen-bond donors (Lipinski definition) is 1. The van der Waals surface area contributed by atoms with Crippen molar-refractivity contribution in [2.45, 2.75) is 32.2 Å². The normalized spacial score (nSPS) is 12.1. The lowest BCUT2D eigenvalue weighted by Gasteiger charge is -2.21. The molecule has 5 heteroatoms. The summed E-state index contributed by atoms with van der Waals surface area (Å²) in [7, 11) is 0. The minimum absolute atomic E-state index is 0.0778. The first kappa shape index (κ1) is 22.5. The predicted molar refractivity (Wildman–Crippen MR) is 139 cm³/mol. The van der Waals surface area contributed by atoms with Gasteiger partial charge in [-0.2, -0.15) is 5.10 Å². The number of nitrogens with zero attached hydrogens (tertiary/aromatic N) is 3. The van der Waals surface area contributed by atoms with Crippen molar-refractivity contribution in [3.8, 4) is 11.3 Å². The highest BCUT2D eigenvalue weighted by molar-refractivity contribution is 5.95. The Bertz CT molecular complexity index is 1430. The molecule has 0 bridgehead atoms. The molecule has 0 aliphatic heterocycles. The molecule has 5 rings (SSSR count). The fraction of sp³-hybridized carbons (Fsp3) is 0.167. The highest BCUT2D eigenvalue weighted by Crippen LogP contribution is 2.26. The third-order valence-electron chi connectivity index (χ3n) is 6.17. The first-order chi connectivity index (χ1) is 17.1. The van der Waals surface area contributed by atoms with Crippen molar-refractivity contribution in [3.05, 3.63) is 126 Å². The highest BCUT2D eigenvalue weighted by atomic mass is 16.1. The molecule has 0 radical (unpaired) electrons. The molecule has 1 amide bonds. The third kappa shape index (κ3) is 4.85. The van der Waals surface area contributed by atoms with Crippen LogP contribution >= 0.6 is 0 Å². The second-order valence-electron chi connectivity index (χ2n) is 9.00. The molecular weight excluding hydrogens is 432 g/mol. The van der Waals surface area contributed by atoms with Crippen molar-refractivity contribution in [1.82, 2.24) is 19.9 Å². The van der Waals surface area contributed by atoms with Crippen LogP contribution in [-0.4, -0.2) is 20.5 Å². The van der Waals surface area contributed by atoms with Gasteiger partial charge in [0.25, 0.3) is 5.91 Å². The molecule has 35 heavy (non-hydrogen) atoms. The van der Waals surface area contributed by atoms with E-state index in [9.17, 15) is 4.79 Å². The molecule has 1 unspecified atom stereocenters. The third-order valence-corrected chi connectivity index (χ3v) is 6.17. The number of hydrogen-bond acceptors (Lipinski definition) is 3. The van der Waals surface area contributed by atoms with Crippen molar-refractivity contribution < 1.29 is 4.79 Å². The van der Waals surface area contributed by atoms with Gasteiger partial charge in [-0.3, -0.25) is 4.79 Å². The second kappa shape index (κ2) is 9.94. The molecule has 1 N–H and O–H groups in total. The molecule has 0 fully saturated rings. The first-order valence-corrected chi connectivity index (χ1v) is 11.9. The monoisotopic (exact) mass is 460 g/mol. The van der Waals surface area contributed by atoms with Crippen molar-refractivity contribution in [3.63, 3.8) is 0 Å². The topological polar surface area (TPSA) is 59.3 Å². The SMILES string of the molecule is CC(C)c1c(C(=O)NC(Cc2ccccc2)c2ccccc2)cnc2cc(-c3ccccc3)nn12. The fourth-order valence-corrected chi connectivity index (χ4v) is 4.46. The van der Waals surface area contributed by atoms with Crippen molar-refractivity contribution in [2.24, 2.45) is 0 Å². The molecule has 1 atom stereocenters. The first-order valence-electron chi connectivity index (χ1n) is 11.9. The Labute approximate surface area is 205 Å². The van der Waals surface area contributed by atoms with E-state index in [4.69, 9.17) is 5.10 Å². The van der Waals surface area contributed by atoms with Crippen molar-refractivity contribution in [1.29, 1.82) is 0 Å². The van der Waals surface area contributed by atoms with Crippen LogP contribution in [0.2, 0.25) is 0 Å². The summed E-state index contributed by atoms with van der Waals surface area (Å²) in [6, 6.07) is 32.1. The molecule has 0 aliphatic carbocycles. The van der Waals surface area contributed by atoms with Crippen LogP contribution in [0.5, 0.6) is 0 Å². The number of benzene rings is 3. The zero-order valence-electron chi connectivity index (χ0n) is 19.9. The number of rotatable bonds is 7. The van der Waals surface area contributed by atoms with Crippen LogP contribution in [-0.2, 0) is 6.42 Å². The number of fused-ring (bicyclic) bond motifs is 1. The molecular formula is C30H28N4O. The number of carbonyl (C=O) groups is 1. The molecule has 0 spiro atoms. The summed E-state index contributed by atoms with van der Waals surface area (Å²) in [6.07, 6.45) is 2.38. The molecule has 0 aliphatic rings. The van der Waals surface area contributed by atoms with E-state index >= 15 is 0 Å². The van der Waals surface area contributed by atoms with Gasteiger partial charge in [0.1, 0.15) is 0 Å². The van der Waals surface area contributed by atoms with E-state index in [-0.39, 0.29) is 17.9 Å². The summed E-state index contributed by atoms with van der Waals surface area (Å²) >= 11 is 0. The van der Waals surface area contributed by atoms with Gasteiger partial charge in [-0.05, 0) is 23.5 Å². The van der Waals surface area contributed by atoms with E-state index in [1.807, 2.05) is 77.3 Å². The lowest BCUT2D eigenvalue weighted by atomic mass is 9.98. The van der Waals surface area contributed by atoms with Crippen LogP contribution in [0, 0.1) is 0 Å². The van der Waals surface area contributed by atoms with Crippen LogP contribution in [0.25, 0.3) is 16.9 Å². The Morgan fingerprint density at radius 1 is 0.886 bits per heavy atom. The number of amides is 1. The van der Waals surface area contributed by atoms with Crippen LogP contribution in [0.4, 0.5) is 0 Å². The quantitative estimate of drug-likeness (QED) is 0.313. The van der Waals surface area contributed by atoms with Gasteiger partial charge in [0.2, 0.25) is 0 Å². The van der Waals surface area contributed by atoms with Gasteiger partial charge < -0.3 is 5.32 Å². The van der Waals surface area contributed by atoms with Crippen LogP contribution in [0.3, 0.4) is 0 Å². The maximum Gasteiger partial charge on any atom is 0.255 e. The molecule has 3 aromatic carbocycles. The molecule has 5 nitrogen and oxygen atoms in total. The van der Waals surface area contributed by atoms with Gasteiger partial charge in [-0.25, -0.2) is 9.50 Å². The average molecular weight is 461 g/mol. The standard InChI is InChI=1S/C30H28N4O/c1-21(2)29-25(20-31-28-19-27(33-34(28)29)24-16-10-5-11-17-24)30(35)32-26(23-14-8-4-9-15-23)18-22-12-6-3-7-13-22/h3-17,19-21,26H,18H2,1-2H3,(H,32,35). The summed E-state index contributed by atoms with van der Waals surface area (Å²) in [5.74, 6) is -0.0706. The Hall–Kier alpha value is -4.25. The number of aromatic nitrogens is 3. The van der Waals surface area contributed by atoms with E-state index in [0.29, 0.717) is 12.0 Å². The fourth-order valence-electron chi connectivity index (χ4n) is 4.46. The van der Waals surface area contributed by atoms with Gasteiger partial charge >= 0.3 is 0 Å². The van der Waals surface area contributed by atoms with Gasteiger partial charge in [-0.15, -0.1) is 0 Å².